The van der Waals surface area contributed by atoms with Crippen LogP contribution in [0.3, 0.4) is 0 Å². The van der Waals surface area contributed by atoms with Crippen LogP contribution in [0.25, 0.3) is 0 Å². The van der Waals surface area contributed by atoms with E-state index in [-0.39, 0.29) is 0 Å². The summed E-state index contributed by atoms with van der Waals surface area (Å²) in [6.45, 7) is 8.99. The van der Waals surface area contributed by atoms with Crippen LogP contribution in [0.1, 0.15) is 32.2 Å². The lowest BCUT2D eigenvalue weighted by Gasteiger charge is -2.15. The number of hydrogen-bond donors (Lipinski definition) is 1. The van der Waals surface area contributed by atoms with Gasteiger partial charge in [0.15, 0.2) is 0 Å². The summed E-state index contributed by atoms with van der Waals surface area (Å²) >= 11 is 1.77. The Kier molecular flexibility index (Phi) is 5.88. The predicted molar refractivity (Wildman–Crippen MR) is 67.3 cm³/mol. The lowest BCUT2D eigenvalue weighted by atomic mass is 10.0. The quantitative estimate of drug-likeness (QED) is 0.773. The molecule has 0 fully saturated rings. The van der Waals surface area contributed by atoms with Gasteiger partial charge in [0.05, 0.1) is 5.01 Å². The van der Waals surface area contributed by atoms with E-state index in [1.54, 1.807) is 11.3 Å². The summed E-state index contributed by atoms with van der Waals surface area (Å²) in [5.74, 6) is 1.47. The van der Waals surface area contributed by atoms with E-state index in [0.717, 1.165) is 31.3 Å². The molecule has 1 rings (SSSR count). The molecule has 0 amide bonds. The van der Waals surface area contributed by atoms with Gasteiger partial charge in [0.25, 0.3) is 0 Å². The second-order valence-electron chi connectivity index (χ2n) is 4.46. The normalized spacial score (nSPS) is 13.3. The first-order chi connectivity index (χ1) is 7.22. The molecule has 0 aromatic carbocycles. The minimum absolute atomic E-state index is 0.731. The first-order valence-corrected chi connectivity index (χ1v) is 6.69. The Morgan fingerprint density at radius 1 is 1.40 bits per heavy atom. The van der Waals surface area contributed by atoms with Gasteiger partial charge in [-0.1, -0.05) is 27.2 Å². The van der Waals surface area contributed by atoms with Crippen molar-refractivity contribution in [3.63, 3.8) is 0 Å². The topological polar surface area (TPSA) is 24.9 Å². The summed E-state index contributed by atoms with van der Waals surface area (Å²) in [4.78, 5) is 4.34. The molecule has 0 aliphatic carbocycles. The maximum absolute atomic E-state index is 4.34. The SMILES string of the molecule is CCC(CNCC(C)C)Cc1nccs1. The fourth-order valence-electron chi connectivity index (χ4n) is 1.54. The van der Waals surface area contributed by atoms with Crippen LogP contribution in [0.5, 0.6) is 0 Å². The van der Waals surface area contributed by atoms with E-state index in [2.05, 4.69) is 36.5 Å². The van der Waals surface area contributed by atoms with Crippen molar-refractivity contribution in [2.75, 3.05) is 13.1 Å². The van der Waals surface area contributed by atoms with Crippen LogP contribution < -0.4 is 5.32 Å². The summed E-state index contributed by atoms with van der Waals surface area (Å²) in [5.41, 5.74) is 0. The average Bonchev–Trinajstić information content (AvgIpc) is 2.68. The highest BCUT2D eigenvalue weighted by atomic mass is 32.1. The maximum atomic E-state index is 4.34. The first kappa shape index (κ1) is 12.7. The molecule has 0 spiro atoms. The second kappa shape index (κ2) is 6.96. The Morgan fingerprint density at radius 2 is 2.20 bits per heavy atom. The molecule has 0 radical (unpaired) electrons. The zero-order valence-corrected chi connectivity index (χ0v) is 10.8. The van der Waals surface area contributed by atoms with Crippen molar-refractivity contribution in [3.05, 3.63) is 16.6 Å². The molecule has 15 heavy (non-hydrogen) atoms. The molecule has 1 N–H and O–H groups in total. The van der Waals surface area contributed by atoms with Gasteiger partial charge >= 0.3 is 0 Å². The third-order valence-electron chi connectivity index (χ3n) is 2.51. The third-order valence-corrected chi connectivity index (χ3v) is 3.31. The van der Waals surface area contributed by atoms with Crippen molar-refractivity contribution >= 4 is 11.3 Å². The van der Waals surface area contributed by atoms with E-state index >= 15 is 0 Å². The monoisotopic (exact) mass is 226 g/mol. The van der Waals surface area contributed by atoms with Crippen molar-refractivity contribution in [3.8, 4) is 0 Å². The second-order valence-corrected chi connectivity index (χ2v) is 5.44. The zero-order valence-electron chi connectivity index (χ0n) is 9.99. The van der Waals surface area contributed by atoms with Crippen LogP contribution in [-0.2, 0) is 6.42 Å². The van der Waals surface area contributed by atoms with Gasteiger partial charge in [0.1, 0.15) is 0 Å². The van der Waals surface area contributed by atoms with Gasteiger partial charge in [0.2, 0.25) is 0 Å². The average molecular weight is 226 g/mol. The van der Waals surface area contributed by atoms with Crippen molar-refractivity contribution in [1.82, 2.24) is 10.3 Å². The zero-order chi connectivity index (χ0) is 11.1. The Balaban J connectivity index is 2.24. The van der Waals surface area contributed by atoms with E-state index in [9.17, 15) is 0 Å². The van der Waals surface area contributed by atoms with Crippen molar-refractivity contribution in [2.24, 2.45) is 11.8 Å². The summed E-state index contributed by atoms with van der Waals surface area (Å²) < 4.78 is 0. The molecule has 1 unspecified atom stereocenters. The predicted octanol–water partition coefficient (Wildman–Crippen LogP) is 2.96. The number of hydrogen-bond acceptors (Lipinski definition) is 3. The fraction of sp³-hybridized carbons (Fsp3) is 0.750. The molecule has 86 valence electrons. The molecule has 1 aromatic rings. The van der Waals surface area contributed by atoms with E-state index in [1.807, 2.05) is 6.20 Å². The van der Waals surface area contributed by atoms with Crippen molar-refractivity contribution in [1.29, 1.82) is 0 Å². The Labute approximate surface area is 97.1 Å². The largest absolute Gasteiger partial charge is 0.316 e. The molecule has 1 atom stereocenters. The van der Waals surface area contributed by atoms with Gasteiger partial charge < -0.3 is 5.32 Å². The number of nitrogens with one attached hydrogen (secondary N) is 1. The summed E-state index contributed by atoms with van der Waals surface area (Å²) in [6.07, 6.45) is 4.25. The molecule has 1 aromatic heterocycles. The number of nitrogens with zero attached hydrogens (tertiary/aromatic N) is 1. The van der Waals surface area contributed by atoms with Crippen LogP contribution in [0.15, 0.2) is 11.6 Å². The summed E-state index contributed by atoms with van der Waals surface area (Å²) in [6, 6.07) is 0. The van der Waals surface area contributed by atoms with Crippen LogP contribution in [-0.4, -0.2) is 18.1 Å². The van der Waals surface area contributed by atoms with Gasteiger partial charge in [-0.3, -0.25) is 0 Å². The molecule has 0 saturated heterocycles. The van der Waals surface area contributed by atoms with Crippen LogP contribution >= 0.6 is 11.3 Å². The minimum Gasteiger partial charge on any atom is -0.316 e. The van der Waals surface area contributed by atoms with Gasteiger partial charge in [-0.05, 0) is 24.9 Å². The smallest absolute Gasteiger partial charge is 0.0928 e. The Morgan fingerprint density at radius 3 is 2.73 bits per heavy atom. The third kappa shape index (κ3) is 5.28. The number of rotatable bonds is 7. The molecule has 0 bridgehead atoms. The van der Waals surface area contributed by atoms with Crippen LogP contribution in [0.2, 0.25) is 0 Å². The summed E-state index contributed by atoms with van der Waals surface area (Å²) in [5, 5.41) is 6.86. The van der Waals surface area contributed by atoms with Crippen molar-refractivity contribution in [2.45, 2.75) is 33.6 Å². The molecular weight excluding hydrogens is 204 g/mol. The van der Waals surface area contributed by atoms with E-state index in [1.165, 1.54) is 11.4 Å². The molecule has 0 aliphatic heterocycles. The highest BCUT2D eigenvalue weighted by Crippen LogP contribution is 2.13. The molecular formula is C12H22N2S. The van der Waals surface area contributed by atoms with Gasteiger partial charge in [-0.15, -0.1) is 11.3 Å². The lowest BCUT2D eigenvalue weighted by Crippen LogP contribution is -2.27. The highest BCUT2D eigenvalue weighted by Gasteiger charge is 2.08. The number of aromatic nitrogens is 1. The molecule has 0 saturated carbocycles. The van der Waals surface area contributed by atoms with E-state index < -0.39 is 0 Å². The Bertz CT molecular complexity index is 244. The lowest BCUT2D eigenvalue weighted by molar-refractivity contribution is 0.437. The molecule has 0 aliphatic rings. The van der Waals surface area contributed by atoms with Crippen molar-refractivity contribution < 1.29 is 0 Å². The fourth-order valence-corrected chi connectivity index (χ4v) is 2.27. The van der Waals surface area contributed by atoms with Gasteiger partial charge in [-0.25, -0.2) is 4.98 Å². The first-order valence-electron chi connectivity index (χ1n) is 5.81. The molecule has 3 heteroatoms. The van der Waals surface area contributed by atoms with Crippen LogP contribution in [0.4, 0.5) is 0 Å². The Hall–Kier alpha value is -0.410. The van der Waals surface area contributed by atoms with Gasteiger partial charge in [0, 0.05) is 18.0 Å². The molecule has 1 heterocycles. The van der Waals surface area contributed by atoms with E-state index in [0.29, 0.717) is 0 Å². The standard InChI is InChI=1S/C12H22N2S/c1-4-11(9-13-8-10(2)3)7-12-14-5-6-15-12/h5-6,10-11,13H,4,7-9H2,1-3H3. The van der Waals surface area contributed by atoms with Gasteiger partial charge in [-0.2, -0.15) is 0 Å². The molecule has 2 nitrogen and oxygen atoms in total. The van der Waals surface area contributed by atoms with E-state index in [4.69, 9.17) is 0 Å². The highest BCUT2D eigenvalue weighted by molar-refractivity contribution is 7.09. The maximum Gasteiger partial charge on any atom is 0.0928 e. The minimum atomic E-state index is 0.731. The van der Waals surface area contributed by atoms with Crippen LogP contribution in [0, 0.1) is 11.8 Å². The number of thiazole rings is 1. The summed E-state index contributed by atoms with van der Waals surface area (Å²) in [7, 11) is 0.